The van der Waals surface area contributed by atoms with Crippen molar-refractivity contribution in [3.8, 4) is 0 Å². The molecule has 1 aliphatic heterocycles. The minimum Gasteiger partial charge on any atom is -0.378 e. The Hall–Kier alpha value is -1.92. The third kappa shape index (κ3) is 4.09. The van der Waals surface area contributed by atoms with Gasteiger partial charge in [0, 0.05) is 30.3 Å². The fraction of sp³-hybridized carbons (Fsp3) is 0.294. The Bertz CT molecular complexity index is 670. The lowest BCUT2D eigenvalue weighted by Gasteiger charge is -2.27. The predicted molar refractivity (Wildman–Crippen MR) is 92.6 cm³/mol. The molecule has 0 saturated carbocycles. The average molecular weight is 376 g/mol. The number of ether oxygens (including phenoxy) is 1. The van der Waals surface area contributed by atoms with E-state index in [1.54, 1.807) is 6.07 Å². The number of hydrogen-bond donors (Lipinski definition) is 1. The van der Waals surface area contributed by atoms with Crippen LogP contribution in [0.1, 0.15) is 15.9 Å². The zero-order valence-corrected chi connectivity index (χ0v) is 14.3. The van der Waals surface area contributed by atoms with Crippen molar-refractivity contribution in [2.75, 3.05) is 31.2 Å². The molecule has 2 aromatic rings. The quantitative estimate of drug-likeness (QED) is 0.892. The molecule has 0 spiro atoms. The Morgan fingerprint density at radius 3 is 2.70 bits per heavy atom. The second-order valence-electron chi connectivity index (χ2n) is 5.29. The summed E-state index contributed by atoms with van der Waals surface area (Å²) in [6.45, 7) is 3.67. The van der Waals surface area contributed by atoms with Crippen LogP contribution in [0.25, 0.3) is 0 Å². The third-order valence-corrected chi connectivity index (χ3v) is 4.41. The zero-order chi connectivity index (χ0) is 16.1. The first-order valence-electron chi connectivity index (χ1n) is 7.54. The summed E-state index contributed by atoms with van der Waals surface area (Å²) in [5.74, 6) is 0.851. The van der Waals surface area contributed by atoms with Gasteiger partial charge < -0.3 is 15.0 Å². The number of nitrogens with one attached hydrogen (secondary N) is 1. The van der Waals surface area contributed by atoms with Crippen molar-refractivity contribution >= 4 is 27.7 Å². The van der Waals surface area contributed by atoms with Crippen LogP contribution in [0.5, 0.6) is 0 Å². The Labute approximate surface area is 143 Å². The highest BCUT2D eigenvalue weighted by molar-refractivity contribution is 9.10. The molecule has 0 aliphatic carbocycles. The summed E-state index contributed by atoms with van der Waals surface area (Å²) in [7, 11) is 0. The van der Waals surface area contributed by atoms with Gasteiger partial charge in [0.2, 0.25) is 0 Å². The molecular weight excluding hydrogens is 358 g/mol. The molecule has 120 valence electrons. The minimum atomic E-state index is -0.102. The van der Waals surface area contributed by atoms with Gasteiger partial charge in [0.15, 0.2) is 0 Å². The number of amides is 1. The summed E-state index contributed by atoms with van der Waals surface area (Å²) in [6, 6.07) is 11.4. The second-order valence-corrected chi connectivity index (χ2v) is 6.14. The molecule has 0 atom stereocenters. The van der Waals surface area contributed by atoms with Gasteiger partial charge in [0.1, 0.15) is 5.82 Å². The number of pyridine rings is 1. The molecule has 0 bridgehead atoms. The molecule has 1 fully saturated rings. The van der Waals surface area contributed by atoms with Crippen molar-refractivity contribution in [3.63, 3.8) is 0 Å². The van der Waals surface area contributed by atoms with Gasteiger partial charge in [-0.05, 0) is 39.7 Å². The molecule has 1 N–H and O–H groups in total. The highest BCUT2D eigenvalue weighted by Crippen LogP contribution is 2.16. The lowest BCUT2D eigenvalue weighted by Crippen LogP contribution is -2.36. The first-order valence-corrected chi connectivity index (χ1v) is 8.34. The van der Waals surface area contributed by atoms with E-state index in [1.165, 1.54) is 0 Å². The van der Waals surface area contributed by atoms with E-state index >= 15 is 0 Å². The summed E-state index contributed by atoms with van der Waals surface area (Å²) in [5.41, 5.74) is 1.60. The highest BCUT2D eigenvalue weighted by atomic mass is 79.9. The second kappa shape index (κ2) is 7.57. The Morgan fingerprint density at radius 1 is 1.22 bits per heavy atom. The summed E-state index contributed by atoms with van der Waals surface area (Å²) >= 11 is 3.39. The molecule has 5 nitrogen and oxygen atoms in total. The van der Waals surface area contributed by atoms with E-state index in [9.17, 15) is 4.79 Å². The maximum Gasteiger partial charge on any atom is 0.252 e. The van der Waals surface area contributed by atoms with E-state index < -0.39 is 0 Å². The van der Waals surface area contributed by atoms with Crippen molar-refractivity contribution in [1.82, 2.24) is 10.3 Å². The van der Waals surface area contributed by atoms with Gasteiger partial charge in [-0.2, -0.15) is 0 Å². The van der Waals surface area contributed by atoms with E-state index in [0.717, 1.165) is 42.2 Å². The van der Waals surface area contributed by atoms with E-state index in [-0.39, 0.29) is 5.91 Å². The van der Waals surface area contributed by atoms with Gasteiger partial charge in [0.05, 0.1) is 18.8 Å². The molecule has 0 unspecified atom stereocenters. The van der Waals surface area contributed by atoms with Crippen molar-refractivity contribution in [2.24, 2.45) is 0 Å². The van der Waals surface area contributed by atoms with Crippen LogP contribution < -0.4 is 10.2 Å². The molecule has 1 aliphatic rings. The van der Waals surface area contributed by atoms with Gasteiger partial charge in [-0.25, -0.2) is 4.98 Å². The standard InChI is InChI=1S/C17H18BrN3O2/c18-15-4-2-1-3-14(15)17(22)20-12-13-5-6-16(19-11-13)21-7-9-23-10-8-21/h1-6,11H,7-10,12H2,(H,20,22). The Kier molecular flexibility index (Phi) is 5.25. The zero-order valence-electron chi connectivity index (χ0n) is 12.7. The van der Waals surface area contributed by atoms with Crippen LogP contribution >= 0.6 is 15.9 Å². The fourth-order valence-electron chi connectivity index (χ4n) is 2.42. The van der Waals surface area contributed by atoms with Crippen molar-refractivity contribution in [1.29, 1.82) is 0 Å². The summed E-state index contributed by atoms with van der Waals surface area (Å²) in [6.07, 6.45) is 1.81. The SMILES string of the molecule is O=C(NCc1ccc(N2CCOCC2)nc1)c1ccccc1Br. The smallest absolute Gasteiger partial charge is 0.252 e. The van der Waals surface area contributed by atoms with Gasteiger partial charge >= 0.3 is 0 Å². The summed E-state index contributed by atoms with van der Waals surface area (Å²) in [4.78, 5) is 18.9. The lowest BCUT2D eigenvalue weighted by atomic mass is 10.2. The number of anilines is 1. The van der Waals surface area contributed by atoms with Crippen LogP contribution in [0.15, 0.2) is 47.1 Å². The molecule has 1 aromatic carbocycles. The van der Waals surface area contributed by atoms with E-state index in [2.05, 4.69) is 31.1 Å². The summed E-state index contributed by atoms with van der Waals surface area (Å²) < 4.78 is 6.13. The van der Waals surface area contributed by atoms with Crippen LogP contribution in [-0.4, -0.2) is 37.2 Å². The third-order valence-electron chi connectivity index (χ3n) is 3.72. The number of nitrogens with zero attached hydrogens (tertiary/aromatic N) is 2. The van der Waals surface area contributed by atoms with Gasteiger partial charge in [-0.3, -0.25) is 4.79 Å². The van der Waals surface area contributed by atoms with Crippen LogP contribution in [0.2, 0.25) is 0 Å². The van der Waals surface area contributed by atoms with Crippen LogP contribution in [0, 0.1) is 0 Å². The molecule has 0 radical (unpaired) electrons. The number of benzene rings is 1. The first-order chi connectivity index (χ1) is 11.2. The number of aromatic nitrogens is 1. The van der Waals surface area contributed by atoms with Crippen molar-refractivity contribution < 1.29 is 9.53 Å². The molecule has 23 heavy (non-hydrogen) atoms. The molecule has 1 amide bonds. The van der Waals surface area contributed by atoms with Gasteiger partial charge in [-0.1, -0.05) is 18.2 Å². The molecule has 2 heterocycles. The molecule has 1 saturated heterocycles. The minimum absolute atomic E-state index is 0.102. The molecule has 6 heteroatoms. The number of halogens is 1. The van der Waals surface area contributed by atoms with Crippen LogP contribution in [0.3, 0.4) is 0 Å². The monoisotopic (exact) mass is 375 g/mol. The van der Waals surface area contributed by atoms with E-state index in [0.29, 0.717) is 12.1 Å². The van der Waals surface area contributed by atoms with Gasteiger partial charge in [0.25, 0.3) is 5.91 Å². The normalized spacial score (nSPS) is 14.6. The number of rotatable bonds is 4. The first kappa shape index (κ1) is 16.0. The molecule has 3 rings (SSSR count). The lowest BCUT2D eigenvalue weighted by molar-refractivity contribution is 0.0950. The number of hydrogen-bond acceptors (Lipinski definition) is 4. The van der Waals surface area contributed by atoms with E-state index in [1.807, 2.05) is 36.5 Å². The topological polar surface area (TPSA) is 54.5 Å². The number of carbonyl (C=O) groups excluding carboxylic acids is 1. The average Bonchev–Trinajstić information content (AvgIpc) is 2.61. The van der Waals surface area contributed by atoms with Crippen molar-refractivity contribution in [2.45, 2.75) is 6.54 Å². The van der Waals surface area contributed by atoms with Crippen molar-refractivity contribution in [3.05, 3.63) is 58.2 Å². The highest BCUT2D eigenvalue weighted by Gasteiger charge is 2.12. The van der Waals surface area contributed by atoms with Crippen LogP contribution in [0.4, 0.5) is 5.82 Å². The molecular formula is C17H18BrN3O2. The summed E-state index contributed by atoms with van der Waals surface area (Å²) in [5, 5.41) is 2.91. The van der Waals surface area contributed by atoms with E-state index in [4.69, 9.17) is 4.74 Å². The maximum atomic E-state index is 12.2. The predicted octanol–water partition coefficient (Wildman–Crippen LogP) is 2.61. The van der Waals surface area contributed by atoms with Crippen LogP contribution in [-0.2, 0) is 11.3 Å². The fourth-order valence-corrected chi connectivity index (χ4v) is 2.89. The largest absolute Gasteiger partial charge is 0.378 e. The Balaban J connectivity index is 1.58. The number of carbonyl (C=O) groups is 1. The Morgan fingerprint density at radius 2 is 2.00 bits per heavy atom. The maximum absolute atomic E-state index is 12.2. The van der Waals surface area contributed by atoms with Gasteiger partial charge in [-0.15, -0.1) is 0 Å². The number of morpholine rings is 1. The molecule has 1 aromatic heterocycles.